The second-order valence-corrected chi connectivity index (χ2v) is 24.9. The lowest BCUT2D eigenvalue weighted by atomic mass is 9.82. The van der Waals surface area contributed by atoms with E-state index >= 15 is 0 Å². The average molecular weight is 1120 g/mol. The maximum absolute atomic E-state index is 13.9. The van der Waals surface area contributed by atoms with Crippen LogP contribution in [-0.4, -0.2) is 214 Å². The lowest BCUT2D eigenvalue weighted by Gasteiger charge is -2.50. The minimum atomic E-state index is -1.97. The van der Waals surface area contributed by atoms with Gasteiger partial charge in [0.15, 0.2) is 6.29 Å². The number of alkyl carbamates (subject to hydrolysis) is 4. The monoisotopic (exact) mass is 1120 g/mol. The Balaban J connectivity index is 2.08. The molecule has 27 heteroatoms. The fourth-order valence-corrected chi connectivity index (χ4v) is 8.23. The Morgan fingerprint density at radius 2 is 1.14 bits per heavy atom. The third-order valence-corrected chi connectivity index (χ3v) is 11.3. The second kappa shape index (κ2) is 27.4. The number of nitrogens with one attached hydrogen (secondary N) is 6. The number of rotatable bonds is 18. The molecule has 1 unspecified atom stereocenters. The maximum atomic E-state index is 13.9. The number of aliphatic hydroxyl groups is 5. The van der Waals surface area contributed by atoms with Crippen molar-refractivity contribution < 1.29 is 96.9 Å². The zero-order chi connectivity index (χ0) is 59.5. The minimum absolute atomic E-state index is 0.00687. The van der Waals surface area contributed by atoms with Crippen LogP contribution in [0.25, 0.3) is 0 Å². The number of likely N-dealkylation sites (N-methyl/N-ethyl adjacent to an activating group) is 1. The van der Waals surface area contributed by atoms with E-state index in [0.29, 0.717) is 0 Å². The van der Waals surface area contributed by atoms with Crippen molar-refractivity contribution in [3.8, 4) is 0 Å². The van der Waals surface area contributed by atoms with E-state index in [1.807, 2.05) is 0 Å². The van der Waals surface area contributed by atoms with Crippen molar-refractivity contribution in [2.45, 2.75) is 237 Å². The molecule has 2 heterocycles. The fourth-order valence-electron chi connectivity index (χ4n) is 8.23. The fraction of sp³-hybridized carbons (Fsp3) is 0.843. The number of nitrogens with zero attached hydrogens (tertiary/aromatic N) is 1. The van der Waals surface area contributed by atoms with Crippen LogP contribution in [0.15, 0.2) is 11.8 Å². The molecule has 1 saturated heterocycles. The van der Waals surface area contributed by atoms with E-state index in [9.17, 15) is 54.3 Å². The molecular formula is C51H91N7O20. The van der Waals surface area contributed by atoms with Gasteiger partial charge in [-0.15, -0.1) is 0 Å². The Labute approximate surface area is 457 Å². The molecule has 0 aromatic heterocycles. The molecule has 13 atom stereocenters. The zero-order valence-electron chi connectivity index (χ0n) is 48.5. The standard InChI is InChI=1S/C51H91N7O20/c1-46(2,3)74-41(64)53-21-20-27(59)23-52-24-28-18-19-29(56-43(66)76-48(7,8)9)39(71-28)72-36-31(57-44(67)77-49(10,11)12)22-30(55-38(63)32(60)25-54-42(65)75-47(4,5)6)35(33(36)61)73-40-34(62)37(51(16,69)26-70-40)58(17)45(68)78-50(13,14)15/h18,27,29-37,39-40,52,59-62,69H,19-26H2,1-17H3,(H,53,64)(H,54,65)(H,55,63)(H,56,66)(H,57,67)/t27?,29-,30-,31+,32+,33-,34-,35+,36-,37-,39-,40-,51+/m1/s1. The lowest BCUT2D eigenvalue weighted by Crippen LogP contribution is -2.71. The summed E-state index contributed by atoms with van der Waals surface area (Å²) in [7, 11) is 1.29. The summed E-state index contributed by atoms with van der Waals surface area (Å²) in [6.07, 6.45) is -16.1. The summed E-state index contributed by atoms with van der Waals surface area (Å²) < 4.78 is 52.3. The SMILES string of the molecule is CN(C(=O)OC(C)(C)C)[C@@H]1[C@@H](O)[C@@H](O[C@@H]2[C@@H](O)[C@H](O[C@H]3OC(CNCC(O)CCNC(=O)OC(C)(C)C)=CC[C@H]3NC(=O)OC(C)(C)C)[C@@H](NC(=O)OC(C)(C)C)C[C@H]2NC(=O)[C@@H](O)CNC(=O)OC(C)(C)C)OC[C@]1(C)O. The molecule has 0 bridgehead atoms. The highest BCUT2D eigenvalue weighted by Crippen LogP contribution is 2.35. The Morgan fingerprint density at radius 1 is 0.667 bits per heavy atom. The van der Waals surface area contributed by atoms with Gasteiger partial charge in [-0.1, -0.05) is 0 Å². The molecule has 27 nitrogen and oxygen atoms in total. The predicted octanol–water partition coefficient (Wildman–Crippen LogP) is 1.88. The quantitative estimate of drug-likeness (QED) is 0.0873. The molecule has 0 aromatic rings. The molecule has 1 saturated carbocycles. The van der Waals surface area contributed by atoms with Crippen molar-refractivity contribution in [1.29, 1.82) is 0 Å². The van der Waals surface area contributed by atoms with Crippen LogP contribution in [0.1, 0.15) is 130 Å². The summed E-state index contributed by atoms with van der Waals surface area (Å²) in [5.74, 6) is -0.826. The number of carbonyl (C=O) groups is 6. The highest BCUT2D eigenvalue weighted by molar-refractivity contribution is 5.82. The van der Waals surface area contributed by atoms with Crippen molar-refractivity contribution in [3.63, 3.8) is 0 Å². The van der Waals surface area contributed by atoms with Crippen LogP contribution >= 0.6 is 0 Å². The number of ether oxygens (including phenoxy) is 9. The van der Waals surface area contributed by atoms with Gasteiger partial charge in [0.25, 0.3) is 5.91 Å². The number of hydrogen-bond donors (Lipinski definition) is 11. The molecule has 3 rings (SSSR count). The first-order chi connectivity index (χ1) is 35.5. The molecule has 3 aliphatic rings. The summed E-state index contributed by atoms with van der Waals surface area (Å²) in [6, 6.07) is -5.25. The van der Waals surface area contributed by atoms with Crippen molar-refractivity contribution in [2.24, 2.45) is 0 Å². The number of amides is 6. The molecule has 11 N–H and O–H groups in total. The van der Waals surface area contributed by atoms with Crippen LogP contribution in [0.4, 0.5) is 24.0 Å². The second-order valence-electron chi connectivity index (χ2n) is 24.9. The van der Waals surface area contributed by atoms with Crippen LogP contribution in [0.2, 0.25) is 0 Å². The van der Waals surface area contributed by atoms with E-state index in [1.165, 1.54) is 14.0 Å². The topological polar surface area (TPSA) is 362 Å². The minimum Gasteiger partial charge on any atom is -0.466 e. The van der Waals surface area contributed by atoms with Gasteiger partial charge in [-0.05, 0) is 136 Å². The van der Waals surface area contributed by atoms with E-state index in [1.54, 1.807) is 110 Å². The van der Waals surface area contributed by atoms with Crippen molar-refractivity contribution in [3.05, 3.63) is 11.8 Å². The summed E-state index contributed by atoms with van der Waals surface area (Å²) in [4.78, 5) is 79.7. The summed E-state index contributed by atoms with van der Waals surface area (Å²) in [6.45, 7) is 25.0. The van der Waals surface area contributed by atoms with Gasteiger partial charge in [0.2, 0.25) is 6.29 Å². The van der Waals surface area contributed by atoms with E-state index < -0.39 is 157 Å². The van der Waals surface area contributed by atoms with Gasteiger partial charge in [0, 0.05) is 20.1 Å². The molecule has 78 heavy (non-hydrogen) atoms. The molecule has 450 valence electrons. The first kappa shape index (κ1) is 67.3. The van der Waals surface area contributed by atoms with Crippen molar-refractivity contribution >= 4 is 36.4 Å². The molecule has 2 aliphatic heterocycles. The van der Waals surface area contributed by atoms with E-state index in [-0.39, 0.29) is 44.7 Å². The zero-order valence-corrected chi connectivity index (χ0v) is 48.5. The summed E-state index contributed by atoms with van der Waals surface area (Å²) in [5, 5.41) is 73.9. The first-order valence-electron chi connectivity index (χ1n) is 26.2. The van der Waals surface area contributed by atoms with Gasteiger partial charge in [0.1, 0.15) is 69.9 Å². The van der Waals surface area contributed by atoms with Crippen LogP contribution in [0.5, 0.6) is 0 Å². The molecule has 0 spiro atoms. The molecule has 1 aliphatic carbocycles. The first-order valence-corrected chi connectivity index (χ1v) is 26.2. The van der Waals surface area contributed by atoms with Crippen LogP contribution in [0.3, 0.4) is 0 Å². The van der Waals surface area contributed by atoms with Gasteiger partial charge in [-0.3, -0.25) is 4.79 Å². The Bertz CT molecular complexity index is 2040. The van der Waals surface area contributed by atoms with Crippen LogP contribution < -0.4 is 31.9 Å². The number of aliphatic hydroxyl groups excluding tert-OH is 4. The smallest absolute Gasteiger partial charge is 0.410 e. The lowest BCUT2D eigenvalue weighted by molar-refractivity contribution is -0.311. The summed E-state index contributed by atoms with van der Waals surface area (Å²) >= 11 is 0. The molecule has 0 radical (unpaired) electrons. The highest BCUT2D eigenvalue weighted by Gasteiger charge is 2.55. The van der Waals surface area contributed by atoms with Gasteiger partial charge < -0.3 is 105 Å². The van der Waals surface area contributed by atoms with Crippen LogP contribution in [-0.2, 0) is 47.4 Å². The third kappa shape index (κ3) is 23.4. The van der Waals surface area contributed by atoms with Crippen LogP contribution in [0, 0.1) is 0 Å². The third-order valence-electron chi connectivity index (χ3n) is 11.3. The van der Waals surface area contributed by atoms with E-state index in [4.69, 9.17) is 42.6 Å². The highest BCUT2D eigenvalue weighted by atomic mass is 16.7. The van der Waals surface area contributed by atoms with Gasteiger partial charge in [-0.2, -0.15) is 0 Å². The molecular weight excluding hydrogens is 1030 g/mol. The van der Waals surface area contributed by atoms with Gasteiger partial charge in [-0.25, -0.2) is 24.0 Å². The molecule has 0 aromatic carbocycles. The number of hydrogen-bond acceptors (Lipinski definition) is 21. The van der Waals surface area contributed by atoms with E-state index in [2.05, 4.69) is 31.9 Å². The predicted molar refractivity (Wildman–Crippen MR) is 278 cm³/mol. The summed E-state index contributed by atoms with van der Waals surface area (Å²) in [5.41, 5.74) is -6.48. The van der Waals surface area contributed by atoms with Crippen molar-refractivity contribution in [2.75, 3.05) is 39.8 Å². The Hall–Kier alpha value is -5.00. The largest absolute Gasteiger partial charge is 0.466 e. The normalized spacial score (nSPS) is 27.7. The Morgan fingerprint density at radius 3 is 1.67 bits per heavy atom. The molecule has 6 amide bonds. The van der Waals surface area contributed by atoms with Crippen molar-refractivity contribution in [1.82, 2.24) is 36.8 Å². The van der Waals surface area contributed by atoms with Gasteiger partial charge >= 0.3 is 30.5 Å². The number of carbonyl (C=O) groups excluding carboxylic acids is 6. The molecule has 2 fully saturated rings. The maximum Gasteiger partial charge on any atom is 0.410 e. The average Bonchev–Trinajstić information content (AvgIpc) is 3.23. The Kier molecular flexibility index (Phi) is 23.7. The van der Waals surface area contributed by atoms with Gasteiger partial charge in [0.05, 0.1) is 50.0 Å². The van der Waals surface area contributed by atoms with E-state index in [0.717, 1.165) is 4.90 Å².